The average Bonchev–Trinajstić information content (AvgIpc) is 2.27. The summed E-state index contributed by atoms with van der Waals surface area (Å²) < 4.78 is 16.4. The van der Waals surface area contributed by atoms with Gasteiger partial charge in [0.05, 0.1) is 0 Å². The number of alkyl halides is 3. The topological polar surface area (TPSA) is 27.7 Å². The van der Waals surface area contributed by atoms with Gasteiger partial charge in [0, 0.05) is 0 Å². The third-order valence-electron chi connectivity index (χ3n) is 1.77. The molecule has 0 N–H and O–H groups in total. The maximum absolute atomic E-state index is 6.25. The summed E-state index contributed by atoms with van der Waals surface area (Å²) in [5, 5.41) is 0. The second-order valence-electron chi connectivity index (χ2n) is 3.29. The first-order valence-corrected chi connectivity index (χ1v) is 13.0. The number of rotatable bonds is 9. The van der Waals surface area contributed by atoms with Crippen molar-refractivity contribution in [3.05, 3.63) is 0 Å². The Hall–Kier alpha value is 1.92. The Kier molecular flexibility index (Phi) is 10.9. The van der Waals surface area contributed by atoms with E-state index in [1.807, 2.05) is 20.8 Å². The Bertz CT molecular complexity index is 179. The molecule has 0 fully saturated rings. The van der Waals surface area contributed by atoms with Crippen LogP contribution in [0, 0.1) is 0 Å². The van der Waals surface area contributed by atoms with Crippen LogP contribution >= 0.6 is 43.3 Å². The van der Waals surface area contributed by atoms with Crippen molar-refractivity contribution in [1.29, 1.82) is 0 Å². The molecular formula is C9H18Cl4O3Zr. The molecular weight excluding hydrogens is 389 g/mol. The van der Waals surface area contributed by atoms with Crippen molar-refractivity contribution in [3.8, 4) is 0 Å². The summed E-state index contributed by atoms with van der Waals surface area (Å²) in [6.45, 7) is 5.62. The van der Waals surface area contributed by atoms with Crippen molar-refractivity contribution in [3.63, 3.8) is 0 Å². The van der Waals surface area contributed by atoms with Crippen molar-refractivity contribution >= 4 is 43.3 Å². The normalized spacial score (nSPS) is 20.6. The van der Waals surface area contributed by atoms with Gasteiger partial charge in [-0.2, -0.15) is 0 Å². The molecule has 0 aromatic heterocycles. The van der Waals surface area contributed by atoms with E-state index in [1.54, 1.807) is 0 Å². The van der Waals surface area contributed by atoms with Crippen LogP contribution in [0.4, 0.5) is 0 Å². The van der Waals surface area contributed by atoms with Crippen LogP contribution in [0.15, 0.2) is 0 Å². The summed E-state index contributed by atoms with van der Waals surface area (Å²) in [6, 6.07) is 0. The molecule has 0 bridgehead atoms. The molecule has 0 rings (SSSR count). The van der Waals surface area contributed by atoms with Crippen molar-refractivity contribution in [2.45, 2.75) is 56.7 Å². The van der Waals surface area contributed by atoms with Crippen LogP contribution in [-0.4, -0.2) is 16.7 Å². The molecule has 0 aromatic carbocycles. The molecule has 3 unspecified atom stereocenters. The average molecular weight is 407 g/mol. The summed E-state index contributed by atoms with van der Waals surface area (Å²) in [6.07, 6.45) is 1.79. The van der Waals surface area contributed by atoms with Gasteiger partial charge in [0.2, 0.25) is 0 Å². The van der Waals surface area contributed by atoms with E-state index in [9.17, 15) is 0 Å². The first-order valence-electron chi connectivity index (χ1n) is 5.51. The molecule has 0 aliphatic heterocycles. The molecule has 0 aliphatic carbocycles. The molecule has 0 spiro atoms. The Labute approximate surface area is 128 Å². The number of hydrogen-bond donors (Lipinski definition) is 0. The van der Waals surface area contributed by atoms with Crippen LogP contribution in [0.5, 0.6) is 0 Å². The molecule has 0 aliphatic rings. The summed E-state index contributed by atoms with van der Waals surface area (Å²) in [5.41, 5.74) is -1.65. The predicted molar refractivity (Wildman–Crippen MR) is 68.9 cm³/mol. The molecule has 0 aromatic rings. The van der Waals surface area contributed by atoms with E-state index < -0.39 is 37.1 Å². The third kappa shape index (κ3) is 8.65. The molecule has 0 heterocycles. The van der Waals surface area contributed by atoms with Crippen LogP contribution in [0.2, 0.25) is 0 Å². The van der Waals surface area contributed by atoms with Gasteiger partial charge in [0.15, 0.2) is 0 Å². The minimum absolute atomic E-state index is 0.551. The van der Waals surface area contributed by atoms with Crippen LogP contribution < -0.4 is 0 Å². The zero-order valence-corrected chi connectivity index (χ0v) is 15.6. The zero-order valence-electron chi connectivity index (χ0n) is 10.1. The quantitative estimate of drug-likeness (QED) is 0.503. The molecule has 0 saturated carbocycles. The Morgan fingerprint density at radius 3 is 1.18 bits per heavy atom. The predicted octanol–water partition coefficient (Wildman–Crippen LogP) is 5.01. The van der Waals surface area contributed by atoms with E-state index in [-0.39, 0.29) is 0 Å². The van der Waals surface area contributed by atoms with Crippen molar-refractivity contribution in [2.75, 3.05) is 0 Å². The molecule has 3 atom stereocenters. The maximum atomic E-state index is 6.25. The Morgan fingerprint density at radius 2 is 1.00 bits per heavy atom. The van der Waals surface area contributed by atoms with Crippen LogP contribution in [0.3, 0.4) is 0 Å². The SMILES string of the molecule is CCC(Cl)[O][Zr]([Cl])([O]C(Cl)CC)[O]C(Cl)CC. The van der Waals surface area contributed by atoms with Gasteiger partial charge in [-0.1, -0.05) is 0 Å². The Balaban J connectivity index is 4.55. The van der Waals surface area contributed by atoms with E-state index in [1.165, 1.54) is 0 Å². The van der Waals surface area contributed by atoms with Crippen LogP contribution in [0.25, 0.3) is 0 Å². The standard InChI is InChI=1S/3C3H6ClO.ClH.Zr/c3*1-2-3(4)5;;/h3*3H,2H2,1H3;1H;/q3*-1;;+4/p-1. The molecule has 0 saturated heterocycles. The van der Waals surface area contributed by atoms with E-state index >= 15 is 0 Å². The van der Waals surface area contributed by atoms with Gasteiger partial charge >= 0.3 is 129 Å². The van der Waals surface area contributed by atoms with Crippen molar-refractivity contribution < 1.29 is 28.8 Å². The molecule has 8 heteroatoms. The number of hydrogen-bond acceptors (Lipinski definition) is 3. The van der Waals surface area contributed by atoms with Gasteiger partial charge in [-0.3, -0.25) is 0 Å². The van der Waals surface area contributed by atoms with Gasteiger partial charge in [-0.15, -0.1) is 0 Å². The van der Waals surface area contributed by atoms with Gasteiger partial charge in [-0.05, 0) is 0 Å². The van der Waals surface area contributed by atoms with Crippen molar-refractivity contribution in [2.24, 2.45) is 0 Å². The monoisotopic (exact) mass is 404 g/mol. The van der Waals surface area contributed by atoms with Crippen LogP contribution in [-0.2, 0) is 28.8 Å². The van der Waals surface area contributed by atoms with Crippen LogP contribution in [0.1, 0.15) is 40.0 Å². The van der Waals surface area contributed by atoms with E-state index in [0.29, 0.717) is 19.3 Å². The Morgan fingerprint density at radius 1 is 0.765 bits per heavy atom. The molecule has 17 heavy (non-hydrogen) atoms. The summed E-state index contributed by atoms with van der Waals surface area (Å²) in [5.74, 6) is 0. The molecule has 104 valence electrons. The molecule has 0 radical (unpaired) electrons. The van der Waals surface area contributed by atoms with E-state index in [0.717, 1.165) is 0 Å². The fraction of sp³-hybridized carbons (Fsp3) is 1.00. The van der Waals surface area contributed by atoms with Crippen molar-refractivity contribution in [1.82, 2.24) is 0 Å². The fourth-order valence-corrected chi connectivity index (χ4v) is 9.48. The summed E-state index contributed by atoms with van der Waals surface area (Å²) in [4.78, 5) is 0. The molecule has 0 amide bonds. The second-order valence-corrected chi connectivity index (χ2v) is 11.6. The summed E-state index contributed by atoms with van der Waals surface area (Å²) in [7, 11) is 6.25. The first kappa shape index (κ1) is 18.9. The third-order valence-corrected chi connectivity index (χ3v) is 9.82. The minimum atomic E-state index is -4.23. The fourth-order valence-electron chi connectivity index (χ4n) is 0.792. The first-order chi connectivity index (χ1) is 7.86. The second kappa shape index (κ2) is 9.77. The van der Waals surface area contributed by atoms with E-state index in [2.05, 4.69) is 0 Å². The van der Waals surface area contributed by atoms with Gasteiger partial charge in [-0.25, -0.2) is 0 Å². The van der Waals surface area contributed by atoms with E-state index in [4.69, 9.17) is 51.8 Å². The zero-order chi connectivity index (χ0) is 13.5. The van der Waals surface area contributed by atoms with Gasteiger partial charge in [0.25, 0.3) is 0 Å². The summed E-state index contributed by atoms with van der Waals surface area (Å²) >= 11 is 13.5. The number of halogens is 4. The van der Waals surface area contributed by atoms with Gasteiger partial charge in [0.1, 0.15) is 0 Å². The van der Waals surface area contributed by atoms with Gasteiger partial charge < -0.3 is 0 Å². The molecule has 3 nitrogen and oxygen atoms in total.